The van der Waals surface area contributed by atoms with Crippen LogP contribution in [0.4, 0.5) is 5.69 Å². The van der Waals surface area contributed by atoms with Crippen molar-refractivity contribution in [1.29, 1.82) is 0 Å². The number of Topliss-reactive ketones (excluding diaryl/α,β-unsaturated/α-hetero) is 1. The molecular formula is C16H10N2O8S2. The number of aromatic hydroxyl groups is 1. The van der Waals surface area contributed by atoms with Gasteiger partial charge in [0, 0.05) is 10.9 Å². The van der Waals surface area contributed by atoms with Crippen molar-refractivity contribution in [3.05, 3.63) is 53.6 Å². The van der Waals surface area contributed by atoms with Crippen molar-refractivity contribution in [2.24, 2.45) is 4.99 Å². The molecule has 1 aromatic heterocycles. The van der Waals surface area contributed by atoms with Crippen LogP contribution < -0.4 is 0 Å². The molecule has 1 aliphatic heterocycles. The highest BCUT2D eigenvalue weighted by molar-refractivity contribution is 7.86. The molecule has 0 bridgehead atoms. The van der Waals surface area contributed by atoms with E-state index in [4.69, 9.17) is 0 Å². The van der Waals surface area contributed by atoms with Crippen LogP contribution >= 0.6 is 0 Å². The molecule has 0 fully saturated rings. The second-order valence-electron chi connectivity index (χ2n) is 5.90. The predicted octanol–water partition coefficient (Wildman–Crippen LogP) is 1.56. The Morgan fingerprint density at radius 1 is 0.964 bits per heavy atom. The summed E-state index contributed by atoms with van der Waals surface area (Å²) in [5, 5.41) is 10.4. The lowest BCUT2D eigenvalue weighted by Gasteiger charge is -2.03. The second-order valence-corrected chi connectivity index (χ2v) is 8.58. The van der Waals surface area contributed by atoms with Crippen LogP contribution in [0.1, 0.15) is 15.9 Å². The van der Waals surface area contributed by atoms with Crippen LogP contribution in [-0.4, -0.2) is 46.5 Å². The van der Waals surface area contributed by atoms with Crippen LogP contribution in [0.25, 0.3) is 10.9 Å². The lowest BCUT2D eigenvalue weighted by Crippen LogP contribution is -2.13. The molecule has 10 nitrogen and oxygen atoms in total. The van der Waals surface area contributed by atoms with E-state index in [0.717, 1.165) is 18.2 Å². The molecule has 12 heteroatoms. The van der Waals surface area contributed by atoms with Gasteiger partial charge in [0.2, 0.25) is 11.7 Å². The highest BCUT2D eigenvalue weighted by Gasteiger charge is 2.34. The van der Waals surface area contributed by atoms with E-state index in [9.17, 15) is 35.8 Å². The number of aliphatic imine (C=N–C) groups is 1. The van der Waals surface area contributed by atoms with Gasteiger partial charge in [-0.3, -0.25) is 13.9 Å². The van der Waals surface area contributed by atoms with Gasteiger partial charge < -0.3 is 5.11 Å². The number of hydrogen-bond donors (Lipinski definition) is 3. The summed E-state index contributed by atoms with van der Waals surface area (Å²) in [6.45, 7) is 0. The Kier molecular flexibility index (Phi) is 3.74. The number of rotatable bonds is 3. The first-order valence-electron chi connectivity index (χ1n) is 7.56. The Bertz CT molecular complexity index is 1430. The van der Waals surface area contributed by atoms with Crippen molar-refractivity contribution >= 4 is 48.5 Å². The summed E-state index contributed by atoms with van der Waals surface area (Å²) in [4.78, 5) is 16.1. The molecule has 0 unspecified atom stereocenters. The molecule has 2 aromatic carbocycles. The SMILES string of the molecule is O=C1C(c2c(O)n(S(=O)(=O)O)c3cc(S(=O)(=O)O)ccc23)=Nc2ccccc21. The minimum atomic E-state index is -5.09. The summed E-state index contributed by atoms with van der Waals surface area (Å²) in [6, 6.07) is 9.09. The molecule has 1 aliphatic rings. The first-order valence-corrected chi connectivity index (χ1v) is 10.4. The summed E-state index contributed by atoms with van der Waals surface area (Å²) in [7, 11) is -9.79. The maximum atomic E-state index is 12.7. The van der Waals surface area contributed by atoms with Crippen molar-refractivity contribution in [2.75, 3.05) is 0 Å². The van der Waals surface area contributed by atoms with Crippen molar-refractivity contribution < 1.29 is 35.8 Å². The molecule has 0 saturated carbocycles. The number of benzene rings is 2. The first-order chi connectivity index (χ1) is 13.0. The summed E-state index contributed by atoms with van der Waals surface area (Å²) in [5.41, 5.74) is -0.485. The monoisotopic (exact) mass is 422 g/mol. The standard InChI is InChI=1S/C16H10N2O8S2/c19-15-9-3-1-2-4-11(9)17-14(15)13-10-6-5-8(27(21,22)23)7-12(10)18(16(13)20)28(24,25)26/h1-7,20H,(H,21,22,23)(H,24,25,26). The fourth-order valence-corrected chi connectivity index (χ4v) is 4.30. The van der Waals surface area contributed by atoms with Crippen molar-refractivity contribution in [1.82, 2.24) is 3.97 Å². The third-order valence-electron chi connectivity index (χ3n) is 4.23. The van der Waals surface area contributed by atoms with Gasteiger partial charge >= 0.3 is 10.3 Å². The van der Waals surface area contributed by atoms with E-state index in [-0.39, 0.29) is 26.2 Å². The third kappa shape index (κ3) is 2.62. The van der Waals surface area contributed by atoms with Gasteiger partial charge in [-0.15, -0.1) is 0 Å². The number of ketones is 1. The number of para-hydroxylation sites is 1. The number of carbonyl (C=O) groups is 1. The van der Waals surface area contributed by atoms with E-state index in [0.29, 0.717) is 5.69 Å². The van der Waals surface area contributed by atoms with Gasteiger partial charge in [-0.05, 0) is 24.3 Å². The summed E-state index contributed by atoms with van der Waals surface area (Å²) in [5.74, 6) is -1.61. The van der Waals surface area contributed by atoms with E-state index in [2.05, 4.69) is 4.99 Å². The van der Waals surface area contributed by atoms with Crippen molar-refractivity contribution in [3.63, 3.8) is 0 Å². The molecule has 0 aliphatic carbocycles. The molecule has 3 aromatic rings. The van der Waals surface area contributed by atoms with Gasteiger partial charge in [-0.2, -0.15) is 20.8 Å². The van der Waals surface area contributed by atoms with Crippen LogP contribution in [0.3, 0.4) is 0 Å². The quantitative estimate of drug-likeness (QED) is 0.535. The Morgan fingerprint density at radius 2 is 1.64 bits per heavy atom. The van der Waals surface area contributed by atoms with Crippen LogP contribution in [0, 0.1) is 0 Å². The highest BCUT2D eigenvalue weighted by atomic mass is 32.2. The maximum Gasteiger partial charge on any atom is 0.366 e. The topological polar surface area (TPSA) is 163 Å². The number of hydrogen-bond acceptors (Lipinski definition) is 7. The van der Waals surface area contributed by atoms with Gasteiger partial charge in [0.25, 0.3) is 10.1 Å². The third-order valence-corrected chi connectivity index (χ3v) is 5.92. The van der Waals surface area contributed by atoms with E-state index in [1.54, 1.807) is 18.2 Å². The molecule has 2 heterocycles. The van der Waals surface area contributed by atoms with E-state index < -0.39 is 42.5 Å². The maximum absolute atomic E-state index is 12.7. The van der Waals surface area contributed by atoms with Crippen molar-refractivity contribution in [3.8, 4) is 5.88 Å². The minimum absolute atomic E-state index is 0.0606. The second kappa shape index (κ2) is 5.72. The lowest BCUT2D eigenvalue weighted by atomic mass is 10.0. The summed E-state index contributed by atoms with van der Waals surface area (Å²) >= 11 is 0. The zero-order chi connectivity index (χ0) is 20.4. The van der Waals surface area contributed by atoms with E-state index >= 15 is 0 Å². The zero-order valence-electron chi connectivity index (χ0n) is 13.6. The molecule has 0 atom stereocenters. The summed E-state index contributed by atoms with van der Waals surface area (Å²) < 4.78 is 65.1. The Morgan fingerprint density at radius 3 is 2.25 bits per heavy atom. The molecule has 28 heavy (non-hydrogen) atoms. The van der Waals surface area contributed by atoms with E-state index in [1.807, 2.05) is 0 Å². The average Bonchev–Trinajstić information content (AvgIpc) is 3.07. The lowest BCUT2D eigenvalue weighted by molar-refractivity contribution is 0.107. The van der Waals surface area contributed by atoms with Gasteiger partial charge in [0.1, 0.15) is 5.71 Å². The fraction of sp³-hybridized carbons (Fsp3) is 0. The van der Waals surface area contributed by atoms with Crippen LogP contribution in [0.15, 0.2) is 52.4 Å². The van der Waals surface area contributed by atoms with Crippen LogP contribution in [-0.2, 0) is 20.4 Å². The molecular weight excluding hydrogens is 412 g/mol. The zero-order valence-corrected chi connectivity index (χ0v) is 15.3. The number of fused-ring (bicyclic) bond motifs is 2. The Labute approximate surface area is 158 Å². The molecule has 144 valence electrons. The predicted molar refractivity (Wildman–Crippen MR) is 97.3 cm³/mol. The number of aromatic nitrogens is 1. The summed E-state index contributed by atoms with van der Waals surface area (Å²) in [6.07, 6.45) is 0. The Balaban J connectivity index is 2.10. The first kappa shape index (κ1) is 18.3. The molecule has 4 rings (SSSR count). The molecule has 0 spiro atoms. The largest absolute Gasteiger partial charge is 0.493 e. The number of carbonyl (C=O) groups excluding carboxylic acids is 1. The van der Waals surface area contributed by atoms with Gasteiger partial charge in [-0.25, -0.2) is 4.99 Å². The minimum Gasteiger partial charge on any atom is -0.493 e. The smallest absolute Gasteiger partial charge is 0.366 e. The number of nitrogens with zero attached hydrogens (tertiary/aromatic N) is 2. The van der Waals surface area contributed by atoms with Gasteiger partial charge in [0.15, 0.2) is 0 Å². The molecule has 3 N–H and O–H groups in total. The van der Waals surface area contributed by atoms with Crippen LogP contribution in [0.2, 0.25) is 0 Å². The molecule has 0 saturated heterocycles. The van der Waals surface area contributed by atoms with Gasteiger partial charge in [-0.1, -0.05) is 18.2 Å². The van der Waals surface area contributed by atoms with Crippen molar-refractivity contribution in [2.45, 2.75) is 4.90 Å². The Hall–Kier alpha value is -3.06. The normalized spacial score (nSPS) is 14.4. The van der Waals surface area contributed by atoms with Crippen LogP contribution in [0.5, 0.6) is 5.88 Å². The molecule has 0 radical (unpaired) electrons. The highest BCUT2D eigenvalue weighted by Crippen LogP contribution is 2.38. The van der Waals surface area contributed by atoms with Gasteiger partial charge in [0.05, 0.1) is 21.7 Å². The average molecular weight is 422 g/mol. The van der Waals surface area contributed by atoms with E-state index in [1.165, 1.54) is 6.07 Å². The molecule has 0 amide bonds. The fourth-order valence-electron chi connectivity index (χ4n) is 3.09.